The topological polar surface area (TPSA) is 75.5 Å². The molecular weight excluding hydrogens is 444 g/mol. The van der Waals surface area contributed by atoms with Gasteiger partial charge in [-0.05, 0) is 68.2 Å². The van der Waals surface area contributed by atoms with Crippen LogP contribution in [0.5, 0.6) is 0 Å². The van der Waals surface area contributed by atoms with Crippen LogP contribution in [0.2, 0.25) is 0 Å². The Bertz CT molecular complexity index is 1310. The van der Waals surface area contributed by atoms with Gasteiger partial charge in [0.25, 0.3) is 5.91 Å². The molecule has 0 saturated carbocycles. The molecular formula is C27H28N4O2S. The number of aryl methyl sites for hydroxylation is 2. The Morgan fingerprint density at radius 3 is 2.56 bits per heavy atom. The number of amides is 2. The lowest BCUT2D eigenvalue weighted by Crippen LogP contribution is -2.44. The Kier molecular flexibility index (Phi) is 7.33. The average molecular weight is 473 g/mol. The van der Waals surface area contributed by atoms with E-state index in [0.717, 1.165) is 33.8 Å². The van der Waals surface area contributed by atoms with Gasteiger partial charge in [-0.15, -0.1) is 0 Å². The lowest BCUT2D eigenvalue weighted by Gasteiger charge is -2.18. The zero-order chi connectivity index (χ0) is 24.1. The average Bonchev–Trinajstić information content (AvgIpc) is 3.28. The van der Waals surface area contributed by atoms with Gasteiger partial charge in [0, 0.05) is 29.2 Å². The van der Waals surface area contributed by atoms with Crippen molar-refractivity contribution in [3.8, 4) is 11.3 Å². The Morgan fingerprint density at radius 1 is 1.06 bits per heavy atom. The summed E-state index contributed by atoms with van der Waals surface area (Å²) in [6.07, 6.45) is 6.50. The molecule has 0 bridgehead atoms. The maximum absolute atomic E-state index is 13.0. The Morgan fingerprint density at radius 2 is 1.85 bits per heavy atom. The van der Waals surface area contributed by atoms with Gasteiger partial charge >= 0.3 is 0 Å². The summed E-state index contributed by atoms with van der Waals surface area (Å²) in [5.74, 6) is 0.284. The number of nitrogens with one attached hydrogen (secondary N) is 2. The third-order valence-corrected chi connectivity index (χ3v) is 6.28. The van der Waals surface area contributed by atoms with Crippen LogP contribution >= 0.6 is 11.8 Å². The largest absolute Gasteiger partial charge is 0.340 e. The second kappa shape index (κ2) is 10.6. The predicted molar refractivity (Wildman–Crippen MR) is 139 cm³/mol. The summed E-state index contributed by atoms with van der Waals surface area (Å²) in [6, 6.07) is 18.4. The molecule has 2 aromatic carbocycles. The first-order valence-corrected chi connectivity index (χ1v) is 12.6. The van der Waals surface area contributed by atoms with Gasteiger partial charge in [-0.2, -0.15) is 11.8 Å². The van der Waals surface area contributed by atoms with Gasteiger partial charge in [0.2, 0.25) is 5.91 Å². The van der Waals surface area contributed by atoms with E-state index in [4.69, 9.17) is 4.98 Å². The van der Waals surface area contributed by atoms with Crippen LogP contribution in [0.1, 0.15) is 27.9 Å². The number of hydrogen-bond donors (Lipinski definition) is 2. The number of fused-ring (bicyclic) bond motifs is 1. The zero-order valence-corrected chi connectivity index (χ0v) is 20.4. The summed E-state index contributed by atoms with van der Waals surface area (Å²) in [5.41, 5.74) is 6.10. The van der Waals surface area contributed by atoms with E-state index >= 15 is 0 Å². The third-order valence-electron chi connectivity index (χ3n) is 5.64. The van der Waals surface area contributed by atoms with E-state index < -0.39 is 6.04 Å². The van der Waals surface area contributed by atoms with E-state index in [0.29, 0.717) is 17.7 Å². The summed E-state index contributed by atoms with van der Waals surface area (Å²) in [7, 11) is 0. The summed E-state index contributed by atoms with van der Waals surface area (Å²) in [5, 5.41) is 5.84. The summed E-state index contributed by atoms with van der Waals surface area (Å²) < 4.78 is 2.01. The number of imidazole rings is 1. The number of aromatic nitrogens is 2. The van der Waals surface area contributed by atoms with Gasteiger partial charge in [-0.25, -0.2) is 4.98 Å². The number of nitrogens with zero attached hydrogens (tertiary/aromatic N) is 2. The zero-order valence-electron chi connectivity index (χ0n) is 19.5. The van der Waals surface area contributed by atoms with E-state index in [9.17, 15) is 9.59 Å². The van der Waals surface area contributed by atoms with Crippen LogP contribution in [-0.2, 0) is 4.79 Å². The molecule has 0 radical (unpaired) electrons. The maximum Gasteiger partial charge on any atom is 0.251 e. The second-order valence-electron chi connectivity index (χ2n) is 8.29. The van der Waals surface area contributed by atoms with Crippen molar-refractivity contribution < 1.29 is 9.59 Å². The van der Waals surface area contributed by atoms with Crippen molar-refractivity contribution in [3.63, 3.8) is 0 Å². The van der Waals surface area contributed by atoms with Crippen LogP contribution < -0.4 is 10.6 Å². The molecule has 1 unspecified atom stereocenters. The van der Waals surface area contributed by atoms with E-state index in [1.807, 2.05) is 91.5 Å². The van der Waals surface area contributed by atoms with Crippen LogP contribution in [0, 0.1) is 13.8 Å². The van der Waals surface area contributed by atoms with Crippen molar-refractivity contribution in [2.24, 2.45) is 0 Å². The highest BCUT2D eigenvalue weighted by Gasteiger charge is 2.21. The number of carbonyl (C=O) groups excluding carboxylic acids is 2. The normalized spacial score (nSPS) is 11.9. The van der Waals surface area contributed by atoms with Gasteiger partial charge in [-0.1, -0.05) is 35.9 Å². The number of benzene rings is 2. The van der Waals surface area contributed by atoms with Crippen molar-refractivity contribution >= 4 is 34.9 Å². The highest BCUT2D eigenvalue weighted by atomic mass is 32.2. The first-order chi connectivity index (χ1) is 16.4. The van der Waals surface area contributed by atoms with Gasteiger partial charge in [-0.3, -0.25) is 9.59 Å². The van der Waals surface area contributed by atoms with Gasteiger partial charge in [0.15, 0.2) is 0 Å². The number of anilines is 1. The van der Waals surface area contributed by atoms with E-state index in [-0.39, 0.29) is 11.8 Å². The minimum atomic E-state index is -0.624. The molecule has 1 atom stereocenters. The van der Waals surface area contributed by atoms with Gasteiger partial charge in [0.05, 0.1) is 5.69 Å². The number of hydrogen-bond acceptors (Lipinski definition) is 4. The van der Waals surface area contributed by atoms with Crippen LogP contribution in [0.25, 0.3) is 16.9 Å². The molecule has 2 N–H and O–H groups in total. The van der Waals surface area contributed by atoms with Crippen LogP contribution in [0.4, 0.5) is 5.69 Å². The number of thioether (sulfide) groups is 1. The fourth-order valence-corrected chi connectivity index (χ4v) is 4.25. The molecule has 0 spiro atoms. The number of rotatable bonds is 8. The van der Waals surface area contributed by atoms with Crippen LogP contribution in [-0.4, -0.2) is 39.2 Å². The monoisotopic (exact) mass is 472 g/mol. The highest BCUT2D eigenvalue weighted by Crippen LogP contribution is 2.22. The number of pyridine rings is 1. The number of carbonyl (C=O) groups is 2. The van der Waals surface area contributed by atoms with E-state index in [1.54, 1.807) is 17.8 Å². The second-order valence-corrected chi connectivity index (χ2v) is 9.28. The molecule has 34 heavy (non-hydrogen) atoms. The fraction of sp³-hybridized carbons (Fsp3) is 0.222. The summed E-state index contributed by atoms with van der Waals surface area (Å²) in [4.78, 5) is 30.5. The van der Waals surface area contributed by atoms with Crippen molar-refractivity contribution in [2.75, 3.05) is 17.3 Å². The first kappa shape index (κ1) is 23.6. The molecule has 0 aliphatic rings. The third kappa shape index (κ3) is 5.48. The van der Waals surface area contributed by atoms with Crippen molar-refractivity contribution in [2.45, 2.75) is 26.3 Å². The quantitative estimate of drug-likeness (QED) is 0.374. The molecule has 0 aliphatic carbocycles. The van der Waals surface area contributed by atoms with E-state index in [1.165, 1.54) is 0 Å². The molecule has 174 valence electrons. The van der Waals surface area contributed by atoms with Gasteiger partial charge in [0.1, 0.15) is 11.7 Å². The van der Waals surface area contributed by atoms with Crippen molar-refractivity contribution in [1.82, 2.24) is 14.7 Å². The molecule has 0 fully saturated rings. The molecule has 6 nitrogen and oxygen atoms in total. The molecule has 2 heterocycles. The first-order valence-electron chi connectivity index (χ1n) is 11.2. The Hall–Kier alpha value is -3.58. The smallest absolute Gasteiger partial charge is 0.251 e. The minimum absolute atomic E-state index is 0.230. The lowest BCUT2D eigenvalue weighted by molar-refractivity contribution is -0.118. The SMILES string of the molecule is CSCCC(NC(=O)c1cccc(C)c1)C(=O)Nc1ccc(-c2cn3cccc(C)c3n2)cc1. The standard InChI is InChI=1S/C27H28N4O2S/c1-18-6-4-8-21(16-18)26(32)30-23(13-15-34-3)27(33)28-22-11-9-20(10-12-22)24-17-31-14-5-7-19(2)25(31)29-24/h4-12,14,16-17,23H,13,15H2,1-3H3,(H,28,33)(H,30,32). The molecule has 0 aliphatic heterocycles. The molecule has 7 heteroatoms. The summed E-state index contributed by atoms with van der Waals surface area (Å²) >= 11 is 1.64. The summed E-state index contributed by atoms with van der Waals surface area (Å²) in [6.45, 7) is 3.97. The molecule has 0 saturated heterocycles. The molecule has 4 aromatic rings. The fourth-order valence-electron chi connectivity index (χ4n) is 3.78. The van der Waals surface area contributed by atoms with Crippen molar-refractivity contribution in [3.05, 3.63) is 89.7 Å². The van der Waals surface area contributed by atoms with E-state index in [2.05, 4.69) is 10.6 Å². The maximum atomic E-state index is 13.0. The van der Waals surface area contributed by atoms with Gasteiger partial charge < -0.3 is 15.0 Å². The molecule has 4 rings (SSSR count). The highest BCUT2D eigenvalue weighted by molar-refractivity contribution is 7.98. The Labute approximate surface area is 203 Å². The predicted octanol–water partition coefficient (Wildman–Crippen LogP) is 5.11. The lowest BCUT2D eigenvalue weighted by atomic mass is 10.1. The van der Waals surface area contributed by atoms with Crippen molar-refractivity contribution in [1.29, 1.82) is 0 Å². The molecule has 2 aromatic heterocycles. The molecule has 2 amide bonds. The Balaban J connectivity index is 1.46. The van der Waals surface area contributed by atoms with Crippen LogP contribution in [0.3, 0.4) is 0 Å². The minimum Gasteiger partial charge on any atom is -0.340 e. The van der Waals surface area contributed by atoms with Crippen LogP contribution in [0.15, 0.2) is 73.1 Å².